The molecule has 0 aliphatic rings. The minimum absolute atomic E-state index is 0.0481. The lowest BCUT2D eigenvalue weighted by atomic mass is 10.1. The Bertz CT molecular complexity index is 689. The summed E-state index contributed by atoms with van der Waals surface area (Å²) in [4.78, 5) is 10.7. The molecule has 110 valence electrons. The predicted octanol–water partition coefficient (Wildman–Crippen LogP) is 5.38. The summed E-state index contributed by atoms with van der Waals surface area (Å²) < 4.78 is 0. The van der Waals surface area contributed by atoms with Gasteiger partial charge in [-0.15, -0.1) is 0 Å². The van der Waals surface area contributed by atoms with Gasteiger partial charge in [0.1, 0.15) is 5.69 Å². The summed E-state index contributed by atoms with van der Waals surface area (Å²) in [5.41, 5.74) is 2.19. The van der Waals surface area contributed by atoms with Gasteiger partial charge in [0.25, 0.3) is 5.69 Å². The highest BCUT2D eigenvalue weighted by atomic mass is 35.5. The Labute approximate surface area is 132 Å². The van der Waals surface area contributed by atoms with Crippen molar-refractivity contribution in [3.8, 4) is 0 Å². The van der Waals surface area contributed by atoms with Gasteiger partial charge in [0.15, 0.2) is 0 Å². The highest BCUT2D eigenvalue weighted by molar-refractivity contribution is 6.35. The van der Waals surface area contributed by atoms with E-state index >= 15 is 0 Å². The number of anilines is 1. The smallest absolute Gasteiger partial charge is 0.292 e. The van der Waals surface area contributed by atoms with Crippen LogP contribution in [0, 0.1) is 17.0 Å². The van der Waals surface area contributed by atoms with Crippen molar-refractivity contribution in [3.05, 3.63) is 67.7 Å². The summed E-state index contributed by atoms with van der Waals surface area (Å²) in [6, 6.07) is 9.99. The number of nitrogens with one attached hydrogen (secondary N) is 1. The summed E-state index contributed by atoms with van der Waals surface area (Å²) in [5.74, 6) is 0. The Morgan fingerprint density at radius 3 is 2.57 bits per heavy atom. The van der Waals surface area contributed by atoms with Crippen LogP contribution in [0.15, 0.2) is 36.4 Å². The van der Waals surface area contributed by atoms with Gasteiger partial charge in [-0.2, -0.15) is 0 Å². The topological polar surface area (TPSA) is 55.2 Å². The fraction of sp³-hybridized carbons (Fsp3) is 0.200. The fourth-order valence-electron chi connectivity index (χ4n) is 2.14. The second-order valence-electron chi connectivity index (χ2n) is 4.76. The van der Waals surface area contributed by atoms with E-state index in [-0.39, 0.29) is 11.7 Å². The van der Waals surface area contributed by atoms with Crippen LogP contribution in [0.4, 0.5) is 11.4 Å². The molecule has 0 bridgehead atoms. The molecule has 0 amide bonds. The van der Waals surface area contributed by atoms with Crippen LogP contribution < -0.4 is 5.32 Å². The number of hydrogen-bond donors (Lipinski definition) is 1. The first kappa shape index (κ1) is 15.6. The van der Waals surface area contributed by atoms with E-state index in [2.05, 4.69) is 5.32 Å². The molecule has 4 nitrogen and oxygen atoms in total. The minimum atomic E-state index is -0.397. The SMILES string of the molecule is Cc1cccc([N+](=O)[O-])c1NC(C)c1ccc(Cl)cc1Cl. The van der Waals surface area contributed by atoms with E-state index in [9.17, 15) is 10.1 Å². The maximum absolute atomic E-state index is 11.1. The summed E-state index contributed by atoms with van der Waals surface area (Å²) in [6.07, 6.45) is 0. The van der Waals surface area contributed by atoms with E-state index < -0.39 is 4.92 Å². The standard InChI is InChI=1S/C15H14Cl2N2O2/c1-9-4-3-5-14(19(20)21)15(9)18-10(2)12-7-6-11(16)8-13(12)17/h3-8,10,18H,1-2H3. The number of nitro groups is 1. The van der Waals surface area contributed by atoms with Crippen molar-refractivity contribution in [1.29, 1.82) is 0 Å². The first-order valence-corrected chi connectivity index (χ1v) is 7.11. The Balaban J connectivity index is 2.36. The molecule has 6 heteroatoms. The molecule has 0 heterocycles. The fourth-order valence-corrected chi connectivity index (χ4v) is 2.71. The third-order valence-electron chi connectivity index (χ3n) is 3.24. The third kappa shape index (κ3) is 3.46. The monoisotopic (exact) mass is 324 g/mol. The van der Waals surface area contributed by atoms with E-state index in [1.54, 1.807) is 18.2 Å². The van der Waals surface area contributed by atoms with Crippen molar-refractivity contribution in [2.45, 2.75) is 19.9 Å². The Hall–Kier alpha value is -1.78. The molecule has 0 spiro atoms. The molecule has 2 rings (SSSR count). The van der Waals surface area contributed by atoms with Gasteiger partial charge < -0.3 is 5.32 Å². The molecule has 0 aromatic heterocycles. The maximum Gasteiger partial charge on any atom is 0.292 e. The minimum Gasteiger partial charge on any atom is -0.373 e. The lowest BCUT2D eigenvalue weighted by molar-refractivity contribution is -0.384. The third-order valence-corrected chi connectivity index (χ3v) is 3.80. The van der Waals surface area contributed by atoms with Crippen molar-refractivity contribution in [3.63, 3.8) is 0 Å². The number of rotatable bonds is 4. The number of nitrogens with zero attached hydrogens (tertiary/aromatic N) is 1. The molecule has 0 saturated heterocycles. The van der Waals surface area contributed by atoms with Gasteiger partial charge >= 0.3 is 0 Å². The second kappa shape index (κ2) is 6.33. The molecule has 0 aliphatic carbocycles. The van der Waals surface area contributed by atoms with Crippen molar-refractivity contribution in [2.75, 3.05) is 5.32 Å². The summed E-state index contributed by atoms with van der Waals surface area (Å²) >= 11 is 12.1. The molecule has 1 atom stereocenters. The van der Waals surface area contributed by atoms with Crippen LogP contribution in [0.5, 0.6) is 0 Å². The summed E-state index contributed by atoms with van der Waals surface area (Å²) in [6.45, 7) is 3.72. The molecule has 2 aromatic rings. The lowest BCUT2D eigenvalue weighted by Gasteiger charge is -2.18. The lowest BCUT2D eigenvalue weighted by Crippen LogP contribution is -2.10. The number of benzene rings is 2. The van der Waals surface area contributed by atoms with Crippen molar-refractivity contribution in [1.82, 2.24) is 0 Å². The Morgan fingerprint density at radius 1 is 1.24 bits per heavy atom. The van der Waals surface area contributed by atoms with Crippen LogP contribution in [-0.4, -0.2) is 4.92 Å². The van der Waals surface area contributed by atoms with Crippen LogP contribution in [0.1, 0.15) is 24.1 Å². The molecule has 0 fully saturated rings. The van der Waals surface area contributed by atoms with E-state index in [1.807, 2.05) is 26.0 Å². The van der Waals surface area contributed by atoms with E-state index in [0.717, 1.165) is 11.1 Å². The molecule has 2 aromatic carbocycles. The van der Waals surface area contributed by atoms with Gasteiger partial charge in [-0.3, -0.25) is 10.1 Å². The number of nitro benzene ring substituents is 1. The summed E-state index contributed by atoms with van der Waals surface area (Å²) in [7, 11) is 0. The van der Waals surface area contributed by atoms with Crippen molar-refractivity contribution in [2.24, 2.45) is 0 Å². The van der Waals surface area contributed by atoms with E-state index in [0.29, 0.717) is 15.7 Å². The van der Waals surface area contributed by atoms with Gasteiger partial charge in [0.05, 0.1) is 11.0 Å². The predicted molar refractivity (Wildman–Crippen MR) is 86.3 cm³/mol. The van der Waals surface area contributed by atoms with Crippen LogP contribution in [-0.2, 0) is 0 Å². The average Bonchev–Trinajstić information content (AvgIpc) is 2.40. The zero-order valence-corrected chi connectivity index (χ0v) is 13.1. The number of hydrogen-bond acceptors (Lipinski definition) is 3. The molecule has 1 unspecified atom stereocenters. The van der Waals surface area contributed by atoms with Gasteiger partial charge in [0.2, 0.25) is 0 Å². The number of aryl methyl sites for hydroxylation is 1. The number of halogens is 2. The molecule has 21 heavy (non-hydrogen) atoms. The van der Waals surface area contributed by atoms with Gasteiger partial charge in [-0.1, -0.05) is 41.4 Å². The van der Waals surface area contributed by atoms with Crippen molar-refractivity contribution < 1.29 is 4.92 Å². The molecule has 0 aliphatic heterocycles. The van der Waals surface area contributed by atoms with Crippen LogP contribution in [0.25, 0.3) is 0 Å². The molecular weight excluding hydrogens is 311 g/mol. The maximum atomic E-state index is 11.1. The Kier molecular flexibility index (Phi) is 4.70. The van der Waals surface area contributed by atoms with Gasteiger partial charge in [0, 0.05) is 16.1 Å². The first-order valence-electron chi connectivity index (χ1n) is 6.35. The van der Waals surface area contributed by atoms with Gasteiger partial charge in [-0.05, 0) is 37.1 Å². The molecule has 1 N–H and O–H groups in total. The Morgan fingerprint density at radius 2 is 1.95 bits per heavy atom. The largest absolute Gasteiger partial charge is 0.373 e. The van der Waals surface area contributed by atoms with Crippen molar-refractivity contribution >= 4 is 34.6 Å². The quantitative estimate of drug-likeness (QED) is 0.606. The second-order valence-corrected chi connectivity index (χ2v) is 5.60. The van der Waals surface area contributed by atoms with E-state index in [1.165, 1.54) is 6.07 Å². The zero-order valence-electron chi connectivity index (χ0n) is 11.6. The average molecular weight is 325 g/mol. The highest BCUT2D eigenvalue weighted by Crippen LogP contribution is 2.33. The van der Waals surface area contributed by atoms with Gasteiger partial charge in [-0.25, -0.2) is 0 Å². The zero-order chi connectivity index (χ0) is 15.6. The molecular formula is C15H14Cl2N2O2. The molecule has 0 radical (unpaired) electrons. The van der Waals surface area contributed by atoms with Crippen LogP contribution in [0.3, 0.4) is 0 Å². The normalized spacial score (nSPS) is 12.0. The number of para-hydroxylation sites is 1. The molecule has 0 saturated carbocycles. The first-order chi connectivity index (χ1) is 9.90. The highest BCUT2D eigenvalue weighted by Gasteiger charge is 2.19. The van der Waals surface area contributed by atoms with Crippen LogP contribution >= 0.6 is 23.2 Å². The van der Waals surface area contributed by atoms with E-state index in [4.69, 9.17) is 23.2 Å². The van der Waals surface area contributed by atoms with Crippen LogP contribution in [0.2, 0.25) is 10.0 Å². The summed E-state index contributed by atoms with van der Waals surface area (Å²) in [5, 5.41) is 15.4.